The zero-order chi connectivity index (χ0) is 52.6. The van der Waals surface area contributed by atoms with Crippen LogP contribution in [-0.2, 0) is 47.4 Å². The highest BCUT2D eigenvalue weighted by molar-refractivity contribution is 5.29. The lowest BCUT2D eigenvalue weighted by atomic mass is 9.46. The average molecular weight is 1050 g/mol. The Morgan fingerprint density at radius 2 is 1.18 bits per heavy atom. The van der Waals surface area contributed by atoms with Crippen LogP contribution in [0.4, 0.5) is 0 Å². The second-order valence-electron chi connectivity index (χ2n) is 24.3. The van der Waals surface area contributed by atoms with E-state index in [0.717, 1.165) is 32.1 Å². The SMILES string of the molecule is CC1OC(OC2C(C)OC(OC3C(CO)OC(OC4CCC5(C)C(=CCC6C5CCC5(C)C6CC6OC7(CCC(C)(O)CO7)C(C)C65O)C4)C(OC4OC(C)C(O)C(O)C4O)C3O)C(O)C2O)C(O)C(O)C1O. The Morgan fingerprint density at radius 1 is 0.589 bits per heavy atom. The Hall–Kier alpha value is -1.14. The Balaban J connectivity index is 0.840. The summed E-state index contributed by atoms with van der Waals surface area (Å²) in [5.74, 6) is -0.381. The highest BCUT2D eigenvalue weighted by Crippen LogP contribution is 2.72. The zero-order valence-electron chi connectivity index (χ0n) is 42.8. The van der Waals surface area contributed by atoms with Gasteiger partial charge in [0.25, 0.3) is 0 Å². The second kappa shape index (κ2) is 19.9. The van der Waals surface area contributed by atoms with Crippen LogP contribution in [0, 0.1) is 34.5 Å². The van der Waals surface area contributed by atoms with E-state index in [-0.39, 0.29) is 30.0 Å². The van der Waals surface area contributed by atoms with Crippen molar-refractivity contribution in [3.05, 3.63) is 11.6 Å². The number of fused-ring (bicyclic) bond motifs is 7. The largest absolute Gasteiger partial charge is 0.394 e. The summed E-state index contributed by atoms with van der Waals surface area (Å²) < 4.78 is 61.7. The van der Waals surface area contributed by atoms with Gasteiger partial charge >= 0.3 is 0 Å². The van der Waals surface area contributed by atoms with Gasteiger partial charge in [-0.25, -0.2) is 0 Å². The number of allylic oxidation sites excluding steroid dienone is 1. The number of hydrogen-bond donors (Lipinski definition) is 12. The van der Waals surface area contributed by atoms with Gasteiger partial charge in [0.1, 0.15) is 85.0 Å². The number of ether oxygens (including phenoxy) is 10. The first kappa shape index (κ1) is 55.2. The first-order valence-electron chi connectivity index (χ1n) is 26.7. The Labute approximate surface area is 425 Å². The molecule has 31 unspecified atom stereocenters. The van der Waals surface area contributed by atoms with Gasteiger partial charge in [0, 0.05) is 17.8 Å². The molecule has 4 aliphatic carbocycles. The maximum absolute atomic E-state index is 12.9. The van der Waals surface area contributed by atoms with E-state index in [0.29, 0.717) is 37.5 Å². The summed E-state index contributed by atoms with van der Waals surface area (Å²) in [4.78, 5) is 0. The first-order valence-corrected chi connectivity index (χ1v) is 26.7. The van der Waals surface area contributed by atoms with E-state index >= 15 is 0 Å². The van der Waals surface area contributed by atoms with Gasteiger partial charge in [-0.3, -0.25) is 0 Å². The van der Waals surface area contributed by atoms with Crippen LogP contribution in [-0.4, -0.2) is 227 Å². The Bertz CT molecular complexity index is 1990. The van der Waals surface area contributed by atoms with E-state index in [9.17, 15) is 61.3 Å². The summed E-state index contributed by atoms with van der Waals surface area (Å²) >= 11 is 0. The lowest BCUT2D eigenvalue weighted by Crippen LogP contribution is -2.67. The highest BCUT2D eigenvalue weighted by atomic mass is 16.8. The third-order valence-electron chi connectivity index (χ3n) is 20.0. The first-order chi connectivity index (χ1) is 34.3. The van der Waals surface area contributed by atoms with Gasteiger partial charge in [0.2, 0.25) is 0 Å². The molecule has 22 nitrogen and oxygen atoms in total. The lowest BCUT2D eigenvalue weighted by Gasteiger charge is -2.60. The van der Waals surface area contributed by atoms with Gasteiger partial charge < -0.3 is 109 Å². The molecule has 3 saturated carbocycles. The topological polar surface area (TPSA) is 335 Å². The van der Waals surface area contributed by atoms with Crippen molar-refractivity contribution in [2.75, 3.05) is 13.2 Å². The number of hydrogen-bond acceptors (Lipinski definition) is 22. The predicted molar refractivity (Wildman–Crippen MR) is 247 cm³/mol. The maximum atomic E-state index is 12.9. The van der Waals surface area contributed by atoms with Crippen LogP contribution < -0.4 is 0 Å². The minimum Gasteiger partial charge on any atom is -0.394 e. The van der Waals surface area contributed by atoms with Crippen molar-refractivity contribution < 1.29 is 109 Å². The van der Waals surface area contributed by atoms with Crippen LogP contribution in [0.1, 0.15) is 106 Å². The van der Waals surface area contributed by atoms with E-state index in [1.54, 1.807) is 6.92 Å². The minimum absolute atomic E-state index is 0.156. The maximum Gasteiger partial charge on any atom is 0.187 e. The molecule has 10 aliphatic rings. The lowest BCUT2D eigenvalue weighted by molar-refractivity contribution is -0.394. The van der Waals surface area contributed by atoms with Crippen molar-refractivity contribution in [1.82, 2.24) is 0 Å². The molecule has 0 aromatic rings. The molecule has 0 radical (unpaired) electrons. The van der Waals surface area contributed by atoms with Crippen LogP contribution >= 0.6 is 0 Å². The van der Waals surface area contributed by atoms with Gasteiger partial charge in [-0.1, -0.05) is 32.4 Å². The minimum atomic E-state index is -1.87. The fourth-order valence-corrected chi connectivity index (χ4v) is 15.3. The predicted octanol–water partition coefficient (Wildman–Crippen LogP) is -1.68. The highest BCUT2D eigenvalue weighted by Gasteiger charge is 2.76. The molecule has 1 spiro atoms. The molecule has 0 bridgehead atoms. The molecule has 6 saturated heterocycles. The molecule has 10 rings (SSSR count). The average Bonchev–Trinajstić information content (AvgIpc) is 3.71. The molecule has 0 aromatic carbocycles. The van der Waals surface area contributed by atoms with Gasteiger partial charge in [-0.15, -0.1) is 0 Å². The van der Waals surface area contributed by atoms with Crippen molar-refractivity contribution in [1.29, 1.82) is 0 Å². The molecule has 9 fully saturated rings. The van der Waals surface area contributed by atoms with Gasteiger partial charge in [0.05, 0.1) is 49.3 Å². The Morgan fingerprint density at radius 3 is 1.78 bits per heavy atom. The van der Waals surface area contributed by atoms with Crippen molar-refractivity contribution >= 4 is 0 Å². The number of aliphatic hydroxyl groups excluding tert-OH is 10. The van der Waals surface area contributed by atoms with E-state index in [4.69, 9.17) is 47.4 Å². The van der Waals surface area contributed by atoms with E-state index < -0.39 is 158 Å². The molecule has 12 N–H and O–H groups in total. The summed E-state index contributed by atoms with van der Waals surface area (Å²) in [7, 11) is 0. The molecule has 0 amide bonds. The van der Waals surface area contributed by atoms with Crippen LogP contribution in [0.15, 0.2) is 11.6 Å². The molecule has 418 valence electrons. The van der Waals surface area contributed by atoms with Crippen molar-refractivity contribution in [3.8, 4) is 0 Å². The number of rotatable bonds is 9. The van der Waals surface area contributed by atoms with Crippen molar-refractivity contribution in [2.24, 2.45) is 34.5 Å². The second-order valence-corrected chi connectivity index (χ2v) is 24.3. The van der Waals surface area contributed by atoms with E-state index in [1.165, 1.54) is 26.3 Å². The molecule has 6 heterocycles. The summed E-state index contributed by atoms with van der Waals surface area (Å²) in [6.07, 6.45) is -22.6. The number of aliphatic hydroxyl groups is 12. The van der Waals surface area contributed by atoms with E-state index in [2.05, 4.69) is 26.8 Å². The van der Waals surface area contributed by atoms with Crippen LogP contribution in [0.2, 0.25) is 0 Å². The van der Waals surface area contributed by atoms with Crippen LogP contribution in [0.3, 0.4) is 0 Å². The summed E-state index contributed by atoms with van der Waals surface area (Å²) in [6, 6.07) is 0. The standard InChI is InChI=1S/C51H82O22/c1-20-31(53)33(55)36(58)43(65-20)70-40-22(3)67-45(38(60)35(40)57)71-41-29(18-52)69-46(42(39(41)61)72-44-37(59)34(56)32(54)21(2)66-44)68-25-10-12-48(6)24(16-25)8-9-26-27(48)11-13-49(7)28(26)17-30-51(49,63)23(4)50(73-30)15-14-47(5,62)19-64-50/h8,20-23,25-46,52-63H,9-19H2,1-7H3. The fourth-order valence-electron chi connectivity index (χ4n) is 15.3. The molecular weight excluding hydrogens is 965 g/mol. The fraction of sp³-hybridized carbons (Fsp3) is 0.961. The van der Waals surface area contributed by atoms with Crippen LogP contribution in [0.5, 0.6) is 0 Å². The summed E-state index contributed by atoms with van der Waals surface area (Å²) in [6.45, 7) is 12.2. The molecule has 6 aliphatic heterocycles. The zero-order valence-corrected chi connectivity index (χ0v) is 42.8. The molecular formula is C51H82O22. The molecule has 73 heavy (non-hydrogen) atoms. The van der Waals surface area contributed by atoms with Crippen molar-refractivity contribution in [2.45, 2.75) is 258 Å². The smallest absolute Gasteiger partial charge is 0.187 e. The van der Waals surface area contributed by atoms with Gasteiger partial charge in [-0.05, 0) is 102 Å². The van der Waals surface area contributed by atoms with Crippen molar-refractivity contribution in [3.63, 3.8) is 0 Å². The summed E-state index contributed by atoms with van der Waals surface area (Å²) in [5.41, 5.74) is -1.39. The normalized spacial score (nSPS) is 59.2. The van der Waals surface area contributed by atoms with E-state index in [1.807, 2.05) is 0 Å². The monoisotopic (exact) mass is 1050 g/mol. The summed E-state index contributed by atoms with van der Waals surface area (Å²) in [5, 5.41) is 133. The third-order valence-corrected chi connectivity index (χ3v) is 20.0. The quantitative estimate of drug-likeness (QED) is 0.115. The Kier molecular flexibility index (Phi) is 15.0. The van der Waals surface area contributed by atoms with Crippen LogP contribution in [0.25, 0.3) is 0 Å². The van der Waals surface area contributed by atoms with Gasteiger partial charge in [-0.2, -0.15) is 0 Å². The van der Waals surface area contributed by atoms with Gasteiger partial charge in [0.15, 0.2) is 30.9 Å². The molecule has 22 heteroatoms. The third kappa shape index (κ3) is 8.94. The molecule has 31 atom stereocenters. The molecule has 0 aromatic heterocycles.